The van der Waals surface area contributed by atoms with Gasteiger partial charge in [-0.3, -0.25) is 4.79 Å². The maximum absolute atomic E-state index is 11.9. The average Bonchev–Trinajstić information content (AvgIpc) is 2.14. The van der Waals surface area contributed by atoms with Crippen molar-refractivity contribution in [3.63, 3.8) is 0 Å². The van der Waals surface area contributed by atoms with Crippen molar-refractivity contribution in [3.8, 4) is 5.75 Å². The van der Waals surface area contributed by atoms with Gasteiger partial charge in [0.15, 0.2) is 5.78 Å². The summed E-state index contributed by atoms with van der Waals surface area (Å²) < 4.78 is 39.5. The molecule has 1 aromatic carbocycles. The van der Waals surface area contributed by atoms with Gasteiger partial charge < -0.3 is 4.74 Å². The Labute approximate surface area is 91.0 Å². The minimum absolute atomic E-state index is 0.101. The van der Waals surface area contributed by atoms with Crippen molar-refractivity contribution in [2.75, 3.05) is 0 Å². The summed E-state index contributed by atoms with van der Waals surface area (Å²) in [6, 6.07) is 3.70. The highest BCUT2D eigenvalue weighted by Crippen LogP contribution is 2.25. The van der Waals surface area contributed by atoms with E-state index in [4.69, 9.17) is 0 Å². The van der Waals surface area contributed by atoms with Crippen LogP contribution in [0.1, 0.15) is 29.3 Å². The van der Waals surface area contributed by atoms with Crippen molar-refractivity contribution in [2.45, 2.75) is 26.6 Å². The fourth-order valence-corrected chi connectivity index (χ4v) is 1.34. The molecule has 0 saturated carbocycles. The third kappa shape index (κ3) is 3.25. The zero-order valence-corrected chi connectivity index (χ0v) is 8.89. The first-order chi connectivity index (χ1) is 7.33. The van der Waals surface area contributed by atoms with Gasteiger partial charge in [-0.1, -0.05) is 6.92 Å². The zero-order valence-electron chi connectivity index (χ0n) is 8.89. The zero-order chi connectivity index (χ0) is 12.3. The van der Waals surface area contributed by atoms with Crippen molar-refractivity contribution >= 4 is 5.78 Å². The molecule has 5 heteroatoms. The SMILES string of the molecule is CCC(=O)c1ccc(OC(F)(F)F)cc1C. The van der Waals surface area contributed by atoms with Crippen LogP contribution in [0, 0.1) is 6.92 Å². The van der Waals surface area contributed by atoms with Crippen LogP contribution >= 0.6 is 0 Å². The summed E-state index contributed by atoms with van der Waals surface area (Å²) in [6.07, 6.45) is -4.39. The van der Waals surface area contributed by atoms with E-state index >= 15 is 0 Å². The van der Waals surface area contributed by atoms with Crippen LogP contribution in [0.15, 0.2) is 18.2 Å². The van der Waals surface area contributed by atoms with E-state index in [9.17, 15) is 18.0 Å². The normalized spacial score (nSPS) is 11.3. The minimum atomic E-state index is -4.71. The van der Waals surface area contributed by atoms with Gasteiger partial charge in [0.25, 0.3) is 0 Å². The molecule has 88 valence electrons. The van der Waals surface area contributed by atoms with Crippen LogP contribution in [0.3, 0.4) is 0 Å². The number of alkyl halides is 3. The number of carbonyl (C=O) groups excluding carboxylic acids is 1. The molecule has 0 unspecified atom stereocenters. The molecular formula is C11H11F3O2. The van der Waals surface area contributed by atoms with Gasteiger partial charge in [-0.2, -0.15) is 0 Å². The first-order valence-corrected chi connectivity index (χ1v) is 4.73. The Bertz CT molecular complexity index is 397. The van der Waals surface area contributed by atoms with Crippen molar-refractivity contribution in [1.82, 2.24) is 0 Å². The quantitative estimate of drug-likeness (QED) is 0.745. The third-order valence-corrected chi connectivity index (χ3v) is 2.05. The highest BCUT2D eigenvalue weighted by Gasteiger charge is 2.31. The summed E-state index contributed by atoms with van der Waals surface area (Å²) >= 11 is 0. The molecule has 0 fully saturated rings. The number of carbonyl (C=O) groups is 1. The molecule has 0 amide bonds. The third-order valence-electron chi connectivity index (χ3n) is 2.05. The van der Waals surface area contributed by atoms with Gasteiger partial charge in [0.05, 0.1) is 0 Å². The maximum atomic E-state index is 11.9. The summed E-state index contributed by atoms with van der Waals surface area (Å²) in [5, 5.41) is 0. The predicted molar refractivity (Wildman–Crippen MR) is 52.5 cm³/mol. The number of ether oxygens (including phenoxy) is 1. The number of hydrogen-bond acceptors (Lipinski definition) is 2. The first-order valence-electron chi connectivity index (χ1n) is 4.73. The lowest BCUT2D eigenvalue weighted by Crippen LogP contribution is -2.17. The molecule has 0 aromatic heterocycles. The minimum Gasteiger partial charge on any atom is -0.406 e. The molecule has 0 aliphatic rings. The lowest BCUT2D eigenvalue weighted by atomic mass is 10.0. The van der Waals surface area contributed by atoms with Crippen LogP contribution in [0.5, 0.6) is 5.75 Å². The Kier molecular flexibility index (Phi) is 3.57. The average molecular weight is 232 g/mol. The summed E-state index contributed by atoms with van der Waals surface area (Å²) in [4.78, 5) is 11.4. The molecule has 0 aliphatic heterocycles. The fourth-order valence-electron chi connectivity index (χ4n) is 1.34. The van der Waals surface area contributed by atoms with E-state index in [0.717, 1.165) is 6.07 Å². The van der Waals surface area contributed by atoms with Gasteiger partial charge >= 0.3 is 6.36 Å². The summed E-state index contributed by atoms with van der Waals surface area (Å²) in [5.41, 5.74) is 0.908. The molecule has 0 bridgehead atoms. The lowest BCUT2D eigenvalue weighted by molar-refractivity contribution is -0.274. The van der Waals surface area contributed by atoms with Crippen molar-refractivity contribution in [2.24, 2.45) is 0 Å². The van der Waals surface area contributed by atoms with Crippen LogP contribution in [-0.4, -0.2) is 12.1 Å². The van der Waals surface area contributed by atoms with Gasteiger partial charge in [-0.05, 0) is 30.7 Å². The van der Waals surface area contributed by atoms with E-state index in [-0.39, 0.29) is 11.5 Å². The van der Waals surface area contributed by atoms with E-state index in [0.29, 0.717) is 17.5 Å². The van der Waals surface area contributed by atoms with E-state index in [1.807, 2.05) is 0 Å². The van der Waals surface area contributed by atoms with E-state index in [2.05, 4.69) is 4.74 Å². The summed E-state index contributed by atoms with van der Waals surface area (Å²) in [6.45, 7) is 3.27. The second-order valence-corrected chi connectivity index (χ2v) is 3.30. The van der Waals surface area contributed by atoms with Crippen LogP contribution < -0.4 is 4.74 Å². The molecule has 1 rings (SSSR count). The number of hydrogen-bond donors (Lipinski definition) is 0. The molecular weight excluding hydrogens is 221 g/mol. The topological polar surface area (TPSA) is 26.3 Å². The second-order valence-electron chi connectivity index (χ2n) is 3.30. The number of aryl methyl sites for hydroxylation is 1. The molecule has 2 nitrogen and oxygen atoms in total. The molecule has 1 aromatic rings. The van der Waals surface area contributed by atoms with E-state index in [1.54, 1.807) is 13.8 Å². The second kappa shape index (κ2) is 4.55. The number of benzene rings is 1. The molecule has 0 N–H and O–H groups in total. The van der Waals surface area contributed by atoms with Gasteiger partial charge in [0, 0.05) is 12.0 Å². The standard InChI is InChI=1S/C11H11F3O2/c1-3-10(15)9-5-4-8(6-7(9)2)16-11(12,13)14/h4-6H,3H2,1-2H3. The van der Waals surface area contributed by atoms with Gasteiger partial charge in [0.1, 0.15) is 5.75 Å². The monoisotopic (exact) mass is 232 g/mol. The Hall–Kier alpha value is -1.52. The number of ketones is 1. The molecule has 0 aliphatic carbocycles. The summed E-state index contributed by atoms with van der Waals surface area (Å²) in [7, 11) is 0. The molecule has 0 heterocycles. The Balaban J connectivity index is 2.96. The largest absolute Gasteiger partial charge is 0.573 e. The van der Waals surface area contributed by atoms with E-state index in [1.165, 1.54) is 12.1 Å². The number of Topliss-reactive ketones (excluding diaryl/α,β-unsaturated/α-hetero) is 1. The molecule has 0 saturated heterocycles. The Morgan fingerprint density at radius 2 is 2.00 bits per heavy atom. The highest BCUT2D eigenvalue weighted by atomic mass is 19.4. The predicted octanol–water partition coefficient (Wildman–Crippen LogP) is 3.49. The molecule has 0 radical (unpaired) electrons. The number of rotatable bonds is 3. The van der Waals surface area contributed by atoms with Crippen LogP contribution in [-0.2, 0) is 0 Å². The Morgan fingerprint density at radius 1 is 1.38 bits per heavy atom. The van der Waals surface area contributed by atoms with Gasteiger partial charge in [-0.25, -0.2) is 0 Å². The fraction of sp³-hybridized carbons (Fsp3) is 0.364. The van der Waals surface area contributed by atoms with Crippen LogP contribution in [0.2, 0.25) is 0 Å². The molecule has 16 heavy (non-hydrogen) atoms. The maximum Gasteiger partial charge on any atom is 0.573 e. The smallest absolute Gasteiger partial charge is 0.406 e. The van der Waals surface area contributed by atoms with Crippen LogP contribution in [0.25, 0.3) is 0 Å². The molecule has 0 spiro atoms. The van der Waals surface area contributed by atoms with E-state index < -0.39 is 6.36 Å². The number of halogens is 3. The van der Waals surface area contributed by atoms with Crippen LogP contribution in [0.4, 0.5) is 13.2 Å². The molecule has 0 atom stereocenters. The van der Waals surface area contributed by atoms with Crippen molar-refractivity contribution < 1.29 is 22.7 Å². The van der Waals surface area contributed by atoms with Gasteiger partial charge in [-0.15, -0.1) is 13.2 Å². The van der Waals surface area contributed by atoms with Crippen molar-refractivity contribution in [3.05, 3.63) is 29.3 Å². The lowest BCUT2D eigenvalue weighted by Gasteiger charge is -2.10. The first kappa shape index (κ1) is 12.5. The van der Waals surface area contributed by atoms with Gasteiger partial charge in [0.2, 0.25) is 0 Å². The summed E-state index contributed by atoms with van der Waals surface area (Å²) in [5.74, 6) is -0.409. The Morgan fingerprint density at radius 3 is 2.44 bits per heavy atom. The highest BCUT2D eigenvalue weighted by molar-refractivity contribution is 5.97. The van der Waals surface area contributed by atoms with Crippen molar-refractivity contribution in [1.29, 1.82) is 0 Å².